The molecule has 4 nitrogen and oxygen atoms in total. The van der Waals surface area contributed by atoms with Crippen LogP contribution in [0.5, 0.6) is 0 Å². The highest BCUT2D eigenvalue weighted by atomic mass is 127. The Bertz CT molecular complexity index is 754. The molecule has 1 aliphatic rings. The molecule has 2 aromatic rings. The van der Waals surface area contributed by atoms with E-state index >= 15 is 0 Å². The van der Waals surface area contributed by atoms with Crippen molar-refractivity contribution < 1.29 is 4.39 Å². The molecule has 2 aromatic carbocycles. The lowest BCUT2D eigenvalue weighted by Gasteiger charge is -2.17. The third-order valence-corrected chi connectivity index (χ3v) is 5.36. The van der Waals surface area contributed by atoms with Crippen LogP contribution >= 0.6 is 24.0 Å². The molecular weight excluding hydrogens is 478 g/mol. The lowest BCUT2D eigenvalue weighted by molar-refractivity contribution is 0.328. The third-order valence-electron chi connectivity index (χ3n) is 5.36. The number of hydrogen-bond acceptors (Lipinski definition) is 2. The Morgan fingerprint density at radius 3 is 2.59 bits per heavy atom. The molecule has 0 bridgehead atoms. The number of halogens is 2. The van der Waals surface area contributed by atoms with Crippen LogP contribution in [0.15, 0.2) is 59.6 Å². The zero-order chi connectivity index (χ0) is 19.6. The van der Waals surface area contributed by atoms with E-state index in [9.17, 15) is 4.39 Å². The zero-order valence-corrected chi connectivity index (χ0v) is 19.4. The molecule has 1 atom stereocenters. The molecule has 3 rings (SSSR count). The van der Waals surface area contributed by atoms with Crippen LogP contribution in [-0.2, 0) is 12.8 Å². The van der Waals surface area contributed by atoms with Gasteiger partial charge in [-0.2, -0.15) is 0 Å². The maximum Gasteiger partial charge on any atom is 0.190 e. The van der Waals surface area contributed by atoms with Crippen molar-refractivity contribution in [2.45, 2.75) is 19.3 Å². The van der Waals surface area contributed by atoms with E-state index in [4.69, 9.17) is 0 Å². The SMILES string of the molecule is CN=C(NCCc1ccccc1F)NCC1CCN(CCc2ccccc2)C1.I. The van der Waals surface area contributed by atoms with Crippen molar-refractivity contribution in [2.24, 2.45) is 10.9 Å². The highest BCUT2D eigenvalue weighted by Gasteiger charge is 2.22. The lowest BCUT2D eigenvalue weighted by atomic mass is 10.1. The summed E-state index contributed by atoms with van der Waals surface area (Å²) in [5.41, 5.74) is 2.14. The first-order valence-electron chi connectivity index (χ1n) is 10.2. The molecule has 1 aliphatic heterocycles. The monoisotopic (exact) mass is 510 g/mol. The molecule has 6 heteroatoms. The minimum atomic E-state index is -0.145. The molecule has 0 aromatic heterocycles. The van der Waals surface area contributed by atoms with E-state index in [2.05, 4.69) is 50.9 Å². The molecular formula is C23H32FIN4. The second kappa shape index (κ2) is 12.8. The first-order chi connectivity index (χ1) is 13.7. The van der Waals surface area contributed by atoms with E-state index in [0.717, 1.165) is 37.6 Å². The Hall–Kier alpha value is -1.67. The average Bonchev–Trinajstić information content (AvgIpc) is 3.19. The predicted octanol–water partition coefficient (Wildman–Crippen LogP) is 3.72. The Balaban J connectivity index is 0.00000300. The van der Waals surface area contributed by atoms with Gasteiger partial charge in [-0.1, -0.05) is 48.5 Å². The Labute approximate surface area is 191 Å². The van der Waals surface area contributed by atoms with Crippen LogP contribution in [0.25, 0.3) is 0 Å². The number of rotatable bonds is 8. The van der Waals surface area contributed by atoms with Crippen LogP contribution in [0.3, 0.4) is 0 Å². The van der Waals surface area contributed by atoms with Gasteiger partial charge in [0, 0.05) is 33.2 Å². The summed E-state index contributed by atoms with van der Waals surface area (Å²) in [5.74, 6) is 1.29. The van der Waals surface area contributed by atoms with Gasteiger partial charge in [0.25, 0.3) is 0 Å². The van der Waals surface area contributed by atoms with Gasteiger partial charge in [0.2, 0.25) is 0 Å². The van der Waals surface area contributed by atoms with Gasteiger partial charge in [0.1, 0.15) is 5.82 Å². The Morgan fingerprint density at radius 2 is 1.83 bits per heavy atom. The summed E-state index contributed by atoms with van der Waals surface area (Å²) >= 11 is 0. The van der Waals surface area contributed by atoms with Gasteiger partial charge >= 0.3 is 0 Å². The Kier molecular flexibility index (Phi) is 10.4. The first-order valence-corrected chi connectivity index (χ1v) is 10.2. The van der Waals surface area contributed by atoms with Crippen LogP contribution in [0.2, 0.25) is 0 Å². The van der Waals surface area contributed by atoms with Gasteiger partial charge in [-0.25, -0.2) is 4.39 Å². The summed E-state index contributed by atoms with van der Waals surface area (Å²) in [4.78, 5) is 6.83. The second-order valence-corrected chi connectivity index (χ2v) is 7.41. The van der Waals surface area contributed by atoms with Crippen molar-refractivity contribution in [1.82, 2.24) is 15.5 Å². The fourth-order valence-electron chi connectivity index (χ4n) is 3.69. The van der Waals surface area contributed by atoms with Crippen molar-refractivity contribution in [2.75, 3.05) is 39.8 Å². The molecule has 0 amide bonds. The Morgan fingerprint density at radius 1 is 1.07 bits per heavy atom. The summed E-state index contributed by atoms with van der Waals surface area (Å²) in [6.45, 7) is 5.00. The zero-order valence-electron chi connectivity index (χ0n) is 17.1. The van der Waals surface area contributed by atoms with Gasteiger partial charge in [0.05, 0.1) is 0 Å². The number of nitrogens with one attached hydrogen (secondary N) is 2. The fraction of sp³-hybridized carbons (Fsp3) is 0.435. The standard InChI is InChI=1S/C23H31FN4.HI/c1-25-23(26-14-11-21-9-5-6-10-22(21)24)27-17-20-13-16-28(18-20)15-12-19-7-3-2-4-8-19;/h2-10,20H,11-18H2,1H3,(H2,25,26,27);1H. The average molecular weight is 510 g/mol. The number of benzene rings is 2. The van der Waals surface area contributed by atoms with Gasteiger partial charge < -0.3 is 15.5 Å². The molecule has 0 radical (unpaired) electrons. The molecule has 158 valence electrons. The normalized spacial score (nSPS) is 17.0. The molecule has 0 aliphatic carbocycles. The molecule has 1 heterocycles. The van der Waals surface area contributed by atoms with Crippen LogP contribution in [0.4, 0.5) is 4.39 Å². The van der Waals surface area contributed by atoms with E-state index in [1.807, 2.05) is 12.1 Å². The fourth-order valence-corrected chi connectivity index (χ4v) is 3.69. The summed E-state index contributed by atoms with van der Waals surface area (Å²) in [5, 5.41) is 6.71. The van der Waals surface area contributed by atoms with Gasteiger partial charge in [-0.15, -0.1) is 24.0 Å². The summed E-state index contributed by atoms with van der Waals surface area (Å²) in [7, 11) is 1.78. The van der Waals surface area contributed by atoms with Crippen LogP contribution in [0, 0.1) is 11.7 Å². The van der Waals surface area contributed by atoms with Crippen LogP contribution in [-0.4, -0.2) is 50.6 Å². The molecule has 1 saturated heterocycles. The quantitative estimate of drug-likeness (QED) is 0.323. The minimum Gasteiger partial charge on any atom is -0.356 e. The molecule has 1 fully saturated rings. The third kappa shape index (κ3) is 7.93. The van der Waals surface area contributed by atoms with Crippen LogP contribution in [0.1, 0.15) is 17.5 Å². The predicted molar refractivity (Wildman–Crippen MR) is 130 cm³/mol. The lowest BCUT2D eigenvalue weighted by Crippen LogP contribution is -2.41. The molecule has 1 unspecified atom stereocenters. The maximum atomic E-state index is 13.7. The smallest absolute Gasteiger partial charge is 0.190 e. The van der Waals surface area contributed by atoms with Crippen molar-refractivity contribution in [3.8, 4) is 0 Å². The van der Waals surface area contributed by atoms with Crippen LogP contribution < -0.4 is 10.6 Å². The molecule has 0 saturated carbocycles. The van der Waals surface area contributed by atoms with E-state index in [0.29, 0.717) is 18.9 Å². The van der Waals surface area contributed by atoms with Gasteiger partial charge in [-0.05, 0) is 48.9 Å². The maximum absolute atomic E-state index is 13.7. The number of hydrogen-bond donors (Lipinski definition) is 2. The number of guanidine groups is 1. The van der Waals surface area contributed by atoms with E-state index in [1.54, 1.807) is 13.1 Å². The molecule has 2 N–H and O–H groups in total. The number of aliphatic imine (C=N–C) groups is 1. The topological polar surface area (TPSA) is 39.7 Å². The highest BCUT2D eigenvalue weighted by molar-refractivity contribution is 14.0. The minimum absolute atomic E-state index is 0. The summed E-state index contributed by atoms with van der Waals surface area (Å²) < 4.78 is 13.7. The van der Waals surface area contributed by atoms with Crippen molar-refractivity contribution in [3.05, 3.63) is 71.5 Å². The van der Waals surface area contributed by atoms with Gasteiger partial charge in [-0.3, -0.25) is 4.99 Å². The number of likely N-dealkylation sites (tertiary alicyclic amines) is 1. The van der Waals surface area contributed by atoms with E-state index in [1.165, 1.54) is 24.6 Å². The number of nitrogens with zero attached hydrogens (tertiary/aromatic N) is 2. The summed E-state index contributed by atoms with van der Waals surface area (Å²) in [6, 6.07) is 17.6. The van der Waals surface area contributed by atoms with E-state index < -0.39 is 0 Å². The second-order valence-electron chi connectivity index (χ2n) is 7.41. The first kappa shape index (κ1) is 23.6. The van der Waals surface area contributed by atoms with Crippen molar-refractivity contribution >= 4 is 29.9 Å². The molecule has 0 spiro atoms. The van der Waals surface area contributed by atoms with E-state index in [-0.39, 0.29) is 29.8 Å². The van der Waals surface area contributed by atoms with Crippen molar-refractivity contribution in [3.63, 3.8) is 0 Å². The molecule has 29 heavy (non-hydrogen) atoms. The van der Waals surface area contributed by atoms with Gasteiger partial charge in [0.15, 0.2) is 5.96 Å². The largest absolute Gasteiger partial charge is 0.356 e. The highest BCUT2D eigenvalue weighted by Crippen LogP contribution is 2.16. The summed E-state index contributed by atoms with van der Waals surface area (Å²) in [6.07, 6.45) is 2.97. The van der Waals surface area contributed by atoms with Crippen molar-refractivity contribution in [1.29, 1.82) is 0 Å².